The Kier molecular flexibility index (Phi) is 5.02. The van der Waals surface area contributed by atoms with Gasteiger partial charge in [0.15, 0.2) is 0 Å². The SMILES string of the molecule is CCNC(C)(CSc1cccc(C)c1)C(N)=O. The zero-order valence-electron chi connectivity index (χ0n) is 10.6. The number of carbonyl (C=O) groups excluding carboxylic acids is 1. The highest BCUT2D eigenvalue weighted by Gasteiger charge is 2.29. The molecule has 0 aromatic heterocycles. The number of hydrogen-bond donors (Lipinski definition) is 2. The highest BCUT2D eigenvalue weighted by molar-refractivity contribution is 7.99. The summed E-state index contributed by atoms with van der Waals surface area (Å²) in [4.78, 5) is 12.6. The number of thioether (sulfide) groups is 1. The molecule has 94 valence electrons. The van der Waals surface area contributed by atoms with Gasteiger partial charge >= 0.3 is 0 Å². The van der Waals surface area contributed by atoms with Crippen molar-refractivity contribution in [2.24, 2.45) is 5.73 Å². The monoisotopic (exact) mass is 252 g/mol. The number of aryl methyl sites for hydroxylation is 1. The molecule has 3 nitrogen and oxygen atoms in total. The van der Waals surface area contributed by atoms with Crippen LogP contribution in [-0.2, 0) is 4.79 Å². The molecule has 0 aliphatic rings. The maximum atomic E-state index is 11.4. The minimum atomic E-state index is -0.650. The molecule has 0 aliphatic heterocycles. The fourth-order valence-electron chi connectivity index (χ4n) is 1.53. The van der Waals surface area contributed by atoms with E-state index in [2.05, 4.69) is 24.4 Å². The third-order valence-electron chi connectivity index (χ3n) is 2.63. The quantitative estimate of drug-likeness (QED) is 0.761. The molecular weight excluding hydrogens is 232 g/mol. The first-order valence-electron chi connectivity index (χ1n) is 5.72. The Morgan fingerprint density at radius 3 is 2.76 bits per heavy atom. The second-order valence-corrected chi connectivity index (χ2v) is 5.38. The van der Waals surface area contributed by atoms with Crippen molar-refractivity contribution in [1.29, 1.82) is 0 Å². The number of rotatable bonds is 6. The molecule has 4 heteroatoms. The van der Waals surface area contributed by atoms with Gasteiger partial charge in [-0.25, -0.2) is 0 Å². The molecule has 3 N–H and O–H groups in total. The topological polar surface area (TPSA) is 55.1 Å². The first kappa shape index (κ1) is 14.1. The fraction of sp³-hybridized carbons (Fsp3) is 0.462. The molecular formula is C13H20N2OS. The summed E-state index contributed by atoms with van der Waals surface area (Å²) in [7, 11) is 0. The second-order valence-electron chi connectivity index (χ2n) is 4.33. The van der Waals surface area contributed by atoms with Crippen LogP contribution in [0, 0.1) is 6.92 Å². The molecule has 1 atom stereocenters. The van der Waals surface area contributed by atoms with Gasteiger partial charge in [0.2, 0.25) is 5.91 Å². The summed E-state index contributed by atoms with van der Waals surface area (Å²) < 4.78 is 0. The minimum Gasteiger partial charge on any atom is -0.368 e. The van der Waals surface area contributed by atoms with Crippen LogP contribution in [0.5, 0.6) is 0 Å². The standard InChI is InChI=1S/C13H20N2OS/c1-4-15-13(3,12(14)16)9-17-11-7-5-6-10(2)8-11/h5-8,15H,4,9H2,1-3H3,(H2,14,16). The summed E-state index contributed by atoms with van der Waals surface area (Å²) in [6.07, 6.45) is 0. The maximum absolute atomic E-state index is 11.4. The zero-order chi connectivity index (χ0) is 12.9. The van der Waals surface area contributed by atoms with Crippen molar-refractivity contribution in [2.45, 2.75) is 31.2 Å². The molecule has 0 saturated carbocycles. The molecule has 0 radical (unpaired) electrons. The molecule has 1 aromatic rings. The van der Waals surface area contributed by atoms with Crippen molar-refractivity contribution in [1.82, 2.24) is 5.32 Å². The molecule has 1 rings (SSSR count). The van der Waals surface area contributed by atoms with Crippen molar-refractivity contribution >= 4 is 17.7 Å². The number of carbonyl (C=O) groups is 1. The molecule has 0 bridgehead atoms. The molecule has 1 amide bonds. The lowest BCUT2D eigenvalue weighted by Gasteiger charge is -2.26. The third kappa shape index (κ3) is 4.06. The molecule has 1 unspecified atom stereocenters. The van der Waals surface area contributed by atoms with Gasteiger partial charge in [-0.3, -0.25) is 4.79 Å². The second kappa shape index (κ2) is 6.07. The van der Waals surface area contributed by atoms with Crippen molar-refractivity contribution in [3.05, 3.63) is 29.8 Å². The van der Waals surface area contributed by atoms with E-state index >= 15 is 0 Å². The first-order valence-corrected chi connectivity index (χ1v) is 6.71. The number of benzene rings is 1. The smallest absolute Gasteiger partial charge is 0.238 e. The van der Waals surface area contributed by atoms with Crippen molar-refractivity contribution in [3.8, 4) is 0 Å². The number of primary amides is 1. The first-order chi connectivity index (χ1) is 7.98. The van der Waals surface area contributed by atoms with Gasteiger partial charge in [0.05, 0.1) is 0 Å². The van der Waals surface area contributed by atoms with E-state index in [1.54, 1.807) is 11.8 Å². The van der Waals surface area contributed by atoms with E-state index in [1.807, 2.05) is 26.0 Å². The Bertz CT molecular complexity index is 395. The van der Waals surface area contributed by atoms with E-state index in [-0.39, 0.29) is 5.91 Å². The van der Waals surface area contributed by atoms with E-state index in [1.165, 1.54) is 5.56 Å². The Morgan fingerprint density at radius 2 is 2.24 bits per heavy atom. The van der Waals surface area contributed by atoms with Crippen LogP contribution in [-0.4, -0.2) is 23.7 Å². The lowest BCUT2D eigenvalue weighted by Crippen LogP contribution is -2.55. The van der Waals surface area contributed by atoms with Crippen LogP contribution in [0.15, 0.2) is 29.2 Å². The summed E-state index contributed by atoms with van der Waals surface area (Å²) in [6, 6.07) is 8.23. The van der Waals surface area contributed by atoms with Gasteiger partial charge in [0.25, 0.3) is 0 Å². The van der Waals surface area contributed by atoms with Gasteiger partial charge in [-0.15, -0.1) is 11.8 Å². The van der Waals surface area contributed by atoms with Gasteiger partial charge < -0.3 is 11.1 Å². The predicted molar refractivity (Wildman–Crippen MR) is 73.2 cm³/mol. The van der Waals surface area contributed by atoms with E-state index in [0.29, 0.717) is 5.75 Å². The molecule has 0 aliphatic carbocycles. The molecule has 0 heterocycles. The van der Waals surface area contributed by atoms with Crippen LogP contribution in [0.3, 0.4) is 0 Å². The highest BCUT2D eigenvalue weighted by atomic mass is 32.2. The third-order valence-corrected chi connectivity index (χ3v) is 3.94. The maximum Gasteiger partial charge on any atom is 0.238 e. The van der Waals surface area contributed by atoms with E-state index in [4.69, 9.17) is 5.73 Å². The molecule has 0 spiro atoms. The minimum absolute atomic E-state index is 0.306. The Hall–Kier alpha value is -1.00. The lowest BCUT2D eigenvalue weighted by molar-refractivity contribution is -0.122. The zero-order valence-corrected chi connectivity index (χ0v) is 11.4. The van der Waals surface area contributed by atoms with E-state index in [0.717, 1.165) is 11.4 Å². The summed E-state index contributed by atoms with van der Waals surface area (Å²) in [5.74, 6) is 0.333. The summed E-state index contributed by atoms with van der Waals surface area (Å²) in [5.41, 5.74) is 6.01. The van der Waals surface area contributed by atoms with Gasteiger partial charge in [0.1, 0.15) is 5.54 Å². The van der Waals surface area contributed by atoms with Crippen molar-refractivity contribution in [2.75, 3.05) is 12.3 Å². The van der Waals surface area contributed by atoms with Crippen LogP contribution in [0.1, 0.15) is 19.4 Å². The molecule has 1 aromatic carbocycles. The summed E-state index contributed by atoms with van der Waals surface area (Å²) in [6.45, 7) is 6.61. The molecule has 0 saturated heterocycles. The van der Waals surface area contributed by atoms with Gasteiger partial charge in [-0.1, -0.05) is 24.6 Å². The van der Waals surface area contributed by atoms with Gasteiger partial charge in [-0.2, -0.15) is 0 Å². The normalized spacial score (nSPS) is 14.3. The van der Waals surface area contributed by atoms with Crippen molar-refractivity contribution < 1.29 is 4.79 Å². The van der Waals surface area contributed by atoms with Crippen LogP contribution >= 0.6 is 11.8 Å². The number of nitrogens with one attached hydrogen (secondary N) is 1. The molecule has 0 fully saturated rings. The number of amides is 1. The van der Waals surface area contributed by atoms with E-state index in [9.17, 15) is 4.79 Å². The van der Waals surface area contributed by atoms with Gasteiger partial charge in [-0.05, 0) is 32.5 Å². The fourth-order valence-corrected chi connectivity index (χ4v) is 2.68. The van der Waals surface area contributed by atoms with E-state index < -0.39 is 5.54 Å². The van der Waals surface area contributed by atoms with Crippen LogP contribution in [0.4, 0.5) is 0 Å². The van der Waals surface area contributed by atoms with Gasteiger partial charge in [0, 0.05) is 10.6 Å². The average molecular weight is 252 g/mol. The Balaban J connectivity index is 2.67. The van der Waals surface area contributed by atoms with Crippen molar-refractivity contribution in [3.63, 3.8) is 0 Å². The Morgan fingerprint density at radius 1 is 1.53 bits per heavy atom. The van der Waals surface area contributed by atoms with Crippen LogP contribution in [0.25, 0.3) is 0 Å². The Labute approximate surface area is 107 Å². The van der Waals surface area contributed by atoms with Crippen LogP contribution < -0.4 is 11.1 Å². The number of likely N-dealkylation sites (N-methyl/N-ethyl adjacent to an activating group) is 1. The number of nitrogens with two attached hydrogens (primary N) is 1. The summed E-state index contributed by atoms with van der Waals surface area (Å²) >= 11 is 1.65. The summed E-state index contributed by atoms with van der Waals surface area (Å²) in [5, 5.41) is 3.15. The number of hydrogen-bond acceptors (Lipinski definition) is 3. The molecule has 17 heavy (non-hydrogen) atoms. The van der Waals surface area contributed by atoms with Crippen LogP contribution in [0.2, 0.25) is 0 Å². The predicted octanol–water partition coefficient (Wildman–Crippen LogP) is 1.94. The average Bonchev–Trinajstić information content (AvgIpc) is 2.27. The highest BCUT2D eigenvalue weighted by Crippen LogP contribution is 2.23. The largest absolute Gasteiger partial charge is 0.368 e. The lowest BCUT2D eigenvalue weighted by atomic mass is 10.1.